The van der Waals surface area contributed by atoms with Gasteiger partial charge in [0.2, 0.25) is 11.8 Å². The second-order valence-corrected chi connectivity index (χ2v) is 8.57. The van der Waals surface area contributed by atoms with Crippen molar-refractivity contribution in [3.63, 3.8) is 0 Å². The van der Waals surface area contributed by atoms with Gasteiger partial charge in [-0.3, -0.25) is 14.5 Å². The van der Waals surface area contributed by atoms with Crippen LogP contribution in [0.15, 0.2) is 42.5 Å². The number of anilines is 1. The van der Waals surface area contributed by atoms with Crippen molar-refractivity contribution in [2.24, 2.45) is 0 Å². The molecule has 2 heterocycles. The van der Waals surface area contributed by atoms with Crippen LogP contribution in [-0.2, 0) is 16.0 Å². The number of nitrogens with zero attached hydrogens (tertiary/aromatic N) is 2. The van der Waals surface area contributed by atoms with Crippen molar-refractivity contribution in [3.05, 3.63) is 64.7 Å². The van der Waals surface area contributed by atoms with Crippen LogP contribution < -0.4 is 5.32 Å². The predicted octanol–water partition coefficient (Wildman–Crippen LogP) is 3.85. The molecule has 4 rings (SSSR count). The summed E-state index contributed by atoms with van der Waals surface area (Å²) in [6, 6.07) is 13.9. The van der Waals surface area contributed by atoms with Crippen LogP contribution in [0.3, 0.4) is 0 Å². The summed E-state index contributed by atoms with van der Waals surface area (Å²) < 4.78 is 0. The van der Waals surface area contributed by atoms with E-state index in [1.807, 2.05) is 49.1 Å². The molecule has 30 heavy (non-hydrogen) atoms. The van der Waals surface area contributed by atoms with Crippen LogP contribution in [0.2, 0.25) is 0 Å². The Morgan fingerprint density at radius 1 is 1.00 bits per heavy atom. The molecule has 1 N–H and O–H groups in total. The average molecular weight is 406 g/mol. The van der Waals surface area contributed by atoms with Crippen LogP contribution in [-0.4, -0.2) is 47.8 Å². The molecular weight excluding hydrogens is 374 g/mol. The third kappa shape index (κ3) is 4.41. The normalized spacial score (nSPS) is 19.3. The number of aryl methyl sites for hydroxylation is 2. The minimum atomic E-state index is -0.377. The van der Waals surface area contributed by atoms with Gasteiger partial charge in [-0.05, 0) is 67.9 Å². The van der Waals surface area contributed by atoms with E-state index in [-0.39, 0.29) is 24.4 Å². The molecule has 0 aromatic heterocycles. The lowest BCUT2D eigenvalue weighted by atomic mass is 9.91. The lowest BCUT2D eigenvalue weighted by Crippen LogP contribution is -2.49. The van der Waals surface area contributed by atoms with Gasteiger partial charge in [-0.15, -0.1) is 0 Å². The number of hydrogen-bond donors (Lipinski definition) is 1. The summed E-state index contributed by atoms with van der Waals surface area (Å²) in [6.45, 7) is 6.58. The van der Waals surface area contributed by atoms with Crippen molar-refractivity contribution < 1.29 is 9.59 Å². The first-order valence-corrected chi connectivity index (χ1v) is 11.0. The van der Waals surface area contributed by atoms with Gasteiger partial charge in [-0.2, -0.15) is 0 Å². The number of piperidine rings is 1. The maximum Gasteiger partial charge on any atom is 0.244 e. The SMILES string of the molecule is Cc1ccc(C)c(NC(=O)CN2CCc3ccccc3C2C(=O)N2CCCCC2)c1. The molecule has 0 saturated carbocycles. The molecule has 0 aliphatic carbocycles. The molecule has 2 aliphatic rings. The number of likely N-dealkylation sites (tertiary alicyclic amines) is 1. The molecular formula is C25H31N3O2. The Hall–Kier alpha value is -2.66. The van der Waals surface area contributed by atoms with Crippen molar-refractivity contribution in [1.29, 1.82) is 0 Å². The maximum absolute atomic E-state index is 13.5. The van der Waals surface area contributed by atoms with E-state index in [1.54, 1.807) is 0 Å². The molecule has 2 aliphatic heterocycles. The molecule has 1 atom stereocenters. The first kappa shape index (κ1) is 20.6. The zero-order valence-corrected chi connectivity index (χ0v) is 18.0. The lowest BCUT2D eigenvalue weighted by molar-refractivity contribution is -0.139. The Morgan fingerprint density at radius 3 is 2.57 bits per heavy atom. The van der Waals surface area contributed by atoms with Crippen LogP contribution in [0.25, 0.3) is 0 Å². The smallest absolute Gasteiger partial charge is 0.244 e. The molecule has 5 nitrogen and oxygen atoms in total. The van der Waals surface area contributed by atoms with E-state index in [9.17, 15) is 9.59 Å². The molecule has 0 bridgehead atoms. The number of fused-ring (bicyclic) bond motifs is 1. The molecule has 1 saturated heterocycles. The summed E-state index contributed by atoms with van der Waals surface area (Å²) in [5, 5.41) is 3.06. The number of benzene rings is 2. The summed E-state index contributed by atoms with van der Waals surface area (Å²) >= 11 is 0. The second kappa shape index (κ2) is 9.00. The summed E-state index contributed by atoms with van der Waals surface area (Å²) in [5.74, 6) is 0.0703. The first-order valence-electron chi connectivity index (χ1n) is 11.0. The average Bonchev–Trinajstić information content (AvgIpc) is 2.76. The Labute approximate surface area is 179 Å². The summed E-state index contributed by atoms with van der Waals surface area (Å²) in [4.78, 5) is 30.5. The Balaban J connectivity index is 1.55. The topological polar surface area (TPSA) is 52.7 Å². The van der Waals surface area contributed by atoms with Crippen molar-refractivity contribution in [1.82, 2.24) is 9.80 Å². The molecule has 0 radical (unpaired) electrons. The lowest BCUT2D eigenvalue weighted by Gasteiger charge is -2.39. The minimum Gasteiger partial charge on any atom is -0.341 e. The van der Waals surface area contributed by atoms with Crippen molar-refractivity contribution in [2.75, 3.05) is 31.5 Å². The Morgan fingerprint density at radius 2 is 1.77 bits per heavy atom. The molecule has 2 amide bonds. The number of carbonyl (C=O) groups is 2. The van der Waals surface area contributed by atoms with E-state index < -0.39 is 0 Å². The van der Waals surface area contributed by atoms with Crippen LogP contribution in [0.1, 0.15) is 47.6 Å². The third-order valence-electron chi connectivity index (χ3n) is 6.30. The van der Waals surface area contributed by atoms with Gasteiger partial charge in [-0.1, -0.05) is 36.4 Å². The number of carbonyl (C=O) groups excluding carboxylic acids is 2. The van der Waals surface area contributed by atoms with Crippen molar-refractivity contribution in [3.8, 4) is 0 Å². The zero-order valence-electron chi connectivity index (χ0n) is 18.0. The molecule has 0 spiro atoms. The number of hydrogen-bond acceptors (Lipinski definition) is 3. The first-order chi connectivity index (χ1) is 14.5. The van der Waals surface area contributed by atoms with Gasteiger partial charge in [0.1, 0.15) is 6.04 Å². The van der Waals surface area contributed by atoms with E-state index >= 15 is 0 Å². The third-order valence-corrected chi connectivity index (χ3v) is 6.30. The van der Waals surface area contributed by atoms with Gasteiger partial charge in [0.05, 0.1) is 6.54 Å². The van der Waals surface area contributed by atoms with E-state index in [2.05, 4.69) is 22.3 Å². The Bertz CT molecular complexity index is 934. The summed E-state index contributed by atoms with van der Waals surface area (Å²) in [6.07, 6.45) is 4.17. The van der Waals surface area contributed by atoms with Crippen molar-refractivity contribution in [2.45, 2.75) is 45.6 Å². The Kier molecular flexibility index (Phi) is 6.18. The summed E-state index contributed by atoms with van der Waals surface area (Å²) in [5.41, 5.74) is 5.27. The highest BCUT2D eigenvalue weighted by Gasteiger charge is 2.36. The van der Waals surface area contributed by atoms with E-state index in [4.69, 9.17) is 0 Å². The van der Waals surface area contributed by atoms with Gasteiger partial charge in [0, 0.05) is 25.3 Å². The van der Waals surface area contributed by atoms with Gasteiger partial charge in [0.15, 0.2) is 0 Å². The second-order valence-electron chi connectivity index (χ2n) is 8.57. The van der Waals surface area contributed by atoms with E-state index in [0.717, 1.165) is 54.7 Å². The molecule has 5 heteroatoms. The zero-order chi connectivity index (χ0) is 21.1. The van der Waals surface area contributed by atoms with Crippen LogP contribution in [0.5, 0.6) is 0 Å². The van der Waals surface area contributed by atoms with Gasteiger partial charge < -0.3 is 10.2 Å². The van der Waals surface area contributed by atoms with Gasteiger partial charge >= 0.3 is 0 Å². The summed E-state index contributed by atoms with van der Waals surface area (Å²) in [7, 11) is 0. The largest absolute Gasteiger partial charge is 0.341 e. The highest BCUT2D eigenvalue weighted by molar-refractivity contribution is 5.94. The standard InChI is InChI=1S/C25H31N3O2/c1-18-10-11-19(2)22(16-18)26-23(29)17-28-15-12-20-8-4-5-9-21(20)24(28)25(30)27-13-6-3-7-14-27/h4-5,8-11,16,24H,3,6-7,12-15,17H2,1-2H3,(H,26,29). The monoisotopic (exact) mass is 405 g/mol. The van der Waals surface area contributed by atoms with Crippen LogP contribution in [0.4, 0.5) is 5.69 Å². The van der Waals surface area contributed by atoms with Crippen molar-refractivity contribution >= 4 is 17.5 Å². The van der Waals surface area contributed by atoms with Crippen LogP contribution in [0, 0.1) is 13.8 Å². The van der Waals surface area contributed by atoms with Gasteiger partial charge in [0.25, 0.3) is 0 Å². The molecule has 158 valence electrons. The maximum atomic E-state index is 13.5. The molecule has 2 aromatic carbocycles. The number of amides is 2. The van der Waals surface area contributed by atoms with E-state index in [0.29, 0.717) is 6.54 Å². The van der Waals surface area contributed by atoms with E-state index in [1.165, 1.54) is 12.0 Å². The number of rotatable bonds is 4. The molecule has 2 aromatic rings. The van der Waals surface area contributed by atoms with Gasteiger partial charge in [-0.25, -0.2) is 0 Å². The van der Waals surface area contributed by atoms with Crippen LogP contribution >= 0.6 is 0 Å². The highest BCUT2D eigenvalue weighted by atomic mass is 16.2. The fourth-order valence-electron chi connectivity index (χ4n) is 4.61. The minimum absolute atomic E-state index is 0.0699. The fraction of sp³-hybridized carbons (Fsp3) is 0.440. The molecule has 1 unspecified atom stereocenters. The number of nitrogens with one attached hydrogen (secondary N) is 1. The fourth-order valence-corrected chi connectivity index (χ4v) is 4.61. The highest BCUT2D eigenvalue weighted by Crippen LogP contribution is 2.32. The quantitative estimate of drug-likeness (QED) is 0.841. The molecule has 1 fully saturated rings. The predicted molar refractivity (Wildman–Crippen MR) is 119 cm³/mol.